The maximum atomic E-state index is 14.7. The fourth-order valence-electron chi connectivity index (χ4n) is 5.58. The third-order valence-corrected chi connectivity index (χ3v) is 7.66. The molecule has 1 saturated carbocycles. The van der Waals surface area contributed by atoms with Crippen LogP contribution in [0, 0.1) is 17.6 Å². The standard InChI is InChI=1S/C28H31F2N3O3/c1-31-13-11-22(12-14-31)33(28(35)36)26(19-7-8-19)27(34)32-17-20(23-16-21(29)9-10-24(23)30)15-25(32)18-5-3-2-4-6-18/h2-6,9-10,15-16,19,22,25-26H,7-8,11-14,17H2,1H3,(H,35,36)/t25-,26?/m0/s1. The summed E-state index contributed by atoms with van der Waals surface area (Å²) in [6.07, 6.45) is 3.69. The monoisotopic (exact) mass is 495 g/mol. The molecule has 2 amide bonds. The number of halogens is 2. The average Bonchev–Trinajstić information content (AvgIpc) is 3.61. The zero-order valence-electron chi connectivity index (χ0n) is 20.3. The lowest BCUT2D eigenvalue weighted by molar-refractivity contribution is -0.139. The quantitative estimate of drug-likeness (QED) is 0.626. The second-order valence-corrected chi connectivity index (χ2v) is 10.1. The number of rotatable bonds is 6. The van der Waals surface area contributed by atoms with Gasteiger partial charge in [-0.15, -0.1) is 0 Å². The fourth-order valence-corrected chi connectivity index (χ4v) is 5.58. The minimum atomic E-state index is -1.07. The highest BCUT2D eigenvalue weighted by Crippen LogP contribution is 2.42. The maximum Gasteiger partial charge on any atom is 0.408 e. The van der Waals surface area contributed by atoms with Crippen LogP contribution in [0.5, 0.6) is 0 Å². The van der Waals surface area contributed by atoms with Crippen LogP contribution in [0.15, 0.2) is 54.6 Å². The Labute approximate surface area is 209 Å². The van der Waals surface area contributed by atoms with Gasteiger partial charge in [-0.3, -0.25) is 9.69 Å². The van der Waals surface area contributed by atoms with Gasteiger partial charge in [0.05, 0.1) is 6.04 Å². The highest BCUT2D eigenvalue weighted by Gasteiger charge is 2.48. The van der Waals surface area contributed by atoms with Crippen molar-refractivity contribution in [1.29, 1.82) is 0 Å². The zero-order chi connectivity index (χ0) is 25.4. The number of carboxylic acid groups (broad SMARTS) is 1. The van der Waals surface area contributed by atoms with Crippen LogP contribution < -0.4 is 0 Å². The summed E-state index contributed by atoms with van der Waals surface area (Å²) in [7, 11) is 2.01. The van der Waals surface area contributed by atoms with Crippen molar-refractivity contribution in [2.24, 2.45) is 5.92 Å². The maximum absolute atomic E-state index is 14.7. The van der Waals surface area contributed by atoms with Crippen molar-refractivity contribution in [3.8, 4) is 0 Å². The third-order valence-electron chi connectivity index (χ3n) is 7.66. The van der Waals surface area contributed by atoms with Crippen molar-refractivity contribution in [1.82, 2.24) is 14.7 Å². The molecule has 0 aromatic heterocycles. The van der Waals surface area contributed by atoms with Gasteiger partial charge in [-0.1, -0.05) is 36.4 Å². The first-order valence-electron chi connectivity index (χ1n) is 12.5. The molecule has 190 valence electrons. The Bertz CT molecular complexity index is 1160. The molecule has 6 nitrogen and oxygen atoms in total. The van der Waals surface area contributed by atoms with E-state index in [0.29, 0.717) is 18.4 Å². The van der Waals surface area contributed by atoms with Crippen molar-refractivity contribution in [3.05, 3.63) is 77.4 Å². The predicted octanol–water partition coefficient (Wildman–Crippen LogP) is 4.78. The molecule has 0 bridgehead atoms. The summed E-state index contributed by atoms with van der Waals surface area (Å²) in [5.74, 6) is -1.40. The minimum absolute atomic E-state index is 0.0281. The summed E-state index contributed by atoms with van der Waals surface area (Å²) in [6, 6.07) is 11.2. The Morgan fingerprint density at radius 1 is 1.03 bits per heavy atom. The van der Waals surface area contributed by atoms with Gasteiger partial charge in [0.2, 0.25) is 5.91 Å². The largest absolute Gasteiger partial charge is 0.465 e. The molecule has 3 aliphatic rings. The number of carbonyl (C=O) groups is 2. The lowest BCUT2D eigenvalue weighted by atomic mass is 9.98. The van der Waals surface area contributed by atoms with Crippen LogP contribution in [-0.4, -0.2) is 70.6 Å². The fraction of sp³-hybridized carbons (Fsp3) is 0.429. The van der Waals surface area contributed by atoms with E-state index < -0.39 is 29.8 Å². The summed E-state index contributed by atoms with van der Waals surface area (Å²) in [5.41, 5.74) is 1.48. The number of nitrogens with zero attached hydrogens (tertiary/aromatic N) is 3. The summed E-state index contributed by atoms with van der Waals surface area (Å²) in [6.45, 7) is 1.64. The number of likely N-dealkylation sites (tertiary alicyclic amines) is 1. The average molecular weight is 496 g/mol. The molecule has 2 aromatic rings. The molecule has 8 heteroatoms. The highest BCUT2D eigenvalue weighted by atomic mass is 19.1. The van der Waals surface area contributed by atoms with Gasteiger partial charge < -0.3 is 14.9 Å². The molecule has 36 heavy (non-hydrogen) atoms. The molecule has 5 rings (SSSR count). The van der Waals surface area contributed by atoms with Crippen molar-refractivity contribution >= 4 is 17.6 Å². The summed E-state index contributed by atoms with van der Waals surface area (Å²) in [5, 5.41) is 10.2. The molecule has 2 aliphatic heterocycles. The van der Waals surface area contributed by atoms with Gasteiger partial charge >= 0.3 is 6.09 Å². The van der Waals surface area contributed by atoms with Crippen LogP contribution in [0.3, 0.4) is 0 Å². The van der Waals surface area contributed by atoms with Gasteiger partial charge in [0.1, 0.15) is 17.7 Å². The lowest BCUT2D eigenvalue weighted by Crippen LogP contribution is -2.57. The zero-order valence-corrected chi connectivity index (χ0v) is 20.3. The van der Waals surface area contributed by atoms with E-state index in [0.717, 1.165) is 49.7 Å². The molecular weight excluding hydrogens is 464 g/mol. The highest BCUT2D eigenvalue weighted by molar-refractivity contribution is 5.90. The van der Waals surface area contributed by atoms with Crippen molar-refractivity contribution in [2.75, 3.05) is 26.7 Å². The normalized spacial score (nSPS) is 21.8. The van der Waals surface area contributed by atoms with E-state index in [1.165, 1.54) is 4.90 Å². The van der Waals surface area contributed by atoms with E-state index in [4.69, 9.17) is 0 Å². The Hall–Kier alpha value is -3.26. The number of amides is 2. The lowest BCUT2D eigenvalue weighted by Gasteiger charge is -2.41. The number of piperidine rings is 1. The topological polar surface area (TPSA) is 64.1 Å². The Morgan fingerprint density at radius 2 is 1.72 bits per heavy atom. The number of carbonyl (C=O) groups excluding carboxylic acids is 1. The second kappa shape index (κ2) is 10.0. The third kappa shape index (κ3) is 4.87. The molecule has 0 spiro atoms. The SMILES string of the molecule is CN1CCC(N(C(=O)O)C(C(=O)N2CC(c3cc(F)ccc3F)=C[C@H]2c2ccccc2)C2CC2)CC1. The van der Waals surface area contributed by atoms with Crippen molar-refractivity contribution < 1.29 is 23.5 Å². The van der Waals surface area contributed by atoms with Crippen LogP contribution >= 0.6 is 0 Å². The second-order valence-electron chi connectivity index (χ2n) is 10.1. The van der Waals surface area contributed by atoms with Crippen LogP contribution in [0.2, 0.25) is 0 Å². The van der Waals surface area contributed by atoms with Gasteiger partial charge in [0.15, 0.2) is 0 Å². The van der Waals surface area contributed by atoms with Crippen molar-refractivity contribution in [3.63, 3.8) is 0 Å². The molecule has 2 atom stereocenters. The van der Waals surface area contributed by atoms with Gasteiger partial charge in [-0.25, -0.2) is 13.6 Å². The first-order valence-corrected chi connectivity index (χ1v) is 12.5. The first-order chi connectivity index (χ1) is 17.3. The van der Waals surface area contributed by atoms with E-state index >= 15 is 0 Å². The minimum Gasteiger partial charge on any atom is -0.465 e. The molecule has 1 saturated heterocycles. The number of hydrogen-bond donors (Lipinski definition) is 1. The van der Waals surface area contributed by atoms with Crippen LogP contribution in [0.1, 0.15) is 42.9 Å². The molecular formula is C28H31F2N3O3. The molecule has 1 N–H and O–H groups in total. The Kier molecular flexibility index (Phi) is 6.79. The van der Waals surface area contributed by atoms with Crippen LogP contribution in [0.25, 0.3) is 5.57 Å². The van der Waals surface area contributed by atoms with E-state index in [1.54, 1.807) is 11.0 Å². The number of benzene rings is 2. The van der Waals surface area contributed by atoms with Gasteiger partial charge in [-0.2, -0.15) is 0 Å². The van der Waals surface area contributed by atoms with E-state index in [2.05, 4.69) is 4.90 Å². The molecule has 1 unspecified atom stereocenters. The number of hydrogen-bond acceptors (Lipinski definition) is 3. The predicted molar refractivity (Wildman–Crippen MR) is 132 cm³/mol. The van der Waals surface area contributed by atoms with Gasteiger partial charge in [0, 0.05) is 18.2 Å². The molecule has 0 radical (unpaired) electrons. The van der Waals surface area contributed by atoms with Crippen molar-refractivity contribution in [2.45, 2.75) is 43.8 Å². The first kappa shape index (κ1) is 24.4. The molecule has 2 fully saturated rings. The van der Waals surface area contributed by atoms with Crippen LogP contribution in [0.4, 0.5) is 13.6 Å². The van der Waals surface area contributed by atoms with Gasteiger partial charge in [0.25, 0.3) is 0 Å². The van der Waals surface area contributed by atoms with E-state index in [1.807, 2.05) is 37.4 Å². The van der Waals surface area contributed by atoms with Gasteiger partial charge in [-0.05, 0) is 81.1 Å². The summed E-state index contributed by atoms with van der Waals surface area (Å²) < 4.78 is 28.7. The smallest absolute Gasteiger partial charge is 0.408 e. The molecule has 2 aromatic carbocycles. The Balaban J connectivity index is 1.50. The molecule has 1 aliphatic carbocycles. The van der Waals surface area contributed by atoms with Crippen LogP contribution in [-0.2, 0) is 4.79 Å². The van der Waals surface area contributed by atoms with E-state index in [9.17, 15) is 23.5 Å². The Morgan fingerprint density at radius 3 is 2.36 bits per heavy atom. The summed E-state index contributed by atoms with van der Waals surface area (Å²) >= 11 is 0. The molecule has 2 heterocycles. The summed E-state index contributed by atoms with van der Waals surface area (Å²) in [4.78, 5) is 31.9. The van der Waals surface area contributed by atoms with E-state index in [-0.39, 0.29) is 30.0 Å².